The first-order valence-electron chi connectivity index (χ1n) is 5.86. The van der Waals surface area contributed by atoms with Gasteiger partial charge < -0.3 is 4.74 Å². The van der Waals surface area contributed by atoms with Crippen molar-refractivity contribution in [3.05, 3.63) is 36.2 Å². The van der Waals surface area contributed by atoms with Crippen LogP contribution in [0.2, 0.25) is 0 Å². The van der Waals surface area contributed by atoms with Crippen LogP contribution in [0.1, 0.15) is 19.8 Å². The normalized spacial score (nSPS) is 18.7. The quantitative estimate of drug-likeness (QED) is 0.766. The van der Waals surface area contributed by atoms with Crippen LogP contribution in [0.4, 0.5) is 5.82 Å². The van der Waals surface area contributed by atoms with Crippen LogP contribution in [0.5, 0.6) is 5.75 Å². The molecule has 4 nitrogen and oxygen atoms in total. The Morgan fingerprint density at radius 2 is 2.39 bits per heavy atom. The highest BCUT2D eigenvalue weighted by molar-refractivity contribution is 5.96. The van der Waals surface area contributed by atoms with Crippen molar-refractivity contribution in [1.29, 1.82) is 0 Å². The number of hydrogen-bond donors (Lipinski definition) is 0. The minimum absolute atomic E-state index is 0.0240. The lowest BCUT2D eigenvalue weighted by molar-refractivity contribution is -0.117. The number of nitrogens with zero attached hydrogens (tertiary/aromatic N) is 2. The summed E-state index contributed by atoms with van der Waals surface area (Å²) >= 11 is 0. The molecule has 1 aromatic heterocycles. The summed E-state index contributed by atoms with van der Waals surface area (Å²) in [4.78, 5) is 17.9. The van der Waals surface area contributed by atoms with Crippen LogP contribution in [0, 0.1) is 0 Å². The Kier molecular flexibility index (Phi) is 3.49. The van der Waals surface area contributed by atoms with E-state index in [1.807, 2.05) is 6.92 Å². The number of methoxy groups -OCH3 is 1. The van der Waals surface area contributed by atoms with Gasteiger partial charge in [0.15, 0.2) is 0 Å². The summed E-state index contributed by atoms with van der Waals surface area (Å²) in [5.74, 6) is 1.42. The van der Waals surface area contributed by atoms with Crippen molar-refractivity contribution in [2.24, 2.45) is 0 Å². The molecule has 0 spiro atoms. The van der Waals surface area contributed by atoms with Crippen LogP contribution in [0.15, 0.2) is 36.2 Å². The fraction of sp³-hybridized carbons (Fsp3) is 0.357. The van der Waals surface area contributed by atoms with E-state index in [4.69, 9.17) is 4.74 Å². The maximum absolute atomic E-state index is 12.0. The van der Waals surface area contributed by atoms with Crippen molar-refractivity contribution < 1.29 is 9.53 Å². The summed E-state index contributed by atoms with van der Waals surface area (Å²) in [6, 6.07) is 3.62. The van der Waals surface area contributed by atoms with Crippen molar-refractivity contribution in [2.75, 3.05) is 12.0 Å². The van der Waals surface area contributed by atoms with Crippen molar-refractivity contribution >= 4 is 11.7 Å². The molecule has 1 saturated heterocycles. The van der Waals surface area contributed by atoms with Gasteiger partial charge in [-0.3, -0.25) is 9.69 Å². The molecule has 1 amide bonds. The van der Waals surface area contributed by atoms with E-state index in [0.29, 0.717) is 18.0 Å². The van der Waals surface area contributed by atoms with Gasteiger partial charge in [-0.1, -0.05) is 6.58 Å². The first kappa shape index (κ1) is 12.4. The second-order valence-corrected chi connectivity index (χ2v) is 4.23. The predicted molar refractivity (Wildman–Crippen MR) is 69.6 cm³/mol. The highest BCUT2D eigenvalue weighted by Crippen LogP contribution is 2.29. The topological polar surface area (TPSA) is 42.4 Å². The van der Waals surface area contributed by atoms with E-state index in [1.165, 1.54) is 0 Å². The Labute approximate surface area is 107 Å². The second kappa shape index (κ2) is 5.07. The van der Waals surface area contributed by atoms with Gasteiger partial charge >= 0.3 is 0 Å². The molecule has 94 valence electrons. The molecule has 1 fully saturated rings. The van der Waals surface area contributed by atoms with Gasteiger partial charge in [0, 0.05) is 6.42 Å². The summed E-state index contributed by atoms with van der Waals surface area (Å²) < 4.78 is 5.06. The molecule has 1 aliphatic rings. The highest BCUT2D eigenvalue weighted by atomic mass is 16.5. The molecular formula is C14H16N2O2. The number of carbonyl (C=O) groups is 1. The molecule has 0 radical (unpaired) electrons. The Morgan fingerprint density at radius 1 is 1.61 bits per heavy atom. The molecule has 1 aromatic rings. The minimum atomic E-state index is 0.0240. The summed E-state index contributed by atoms with van der Waals surface area (Å²) in [7, 11) is 1.59. The summed E-state index contributed by atoms with van der Waals surface area (Å²) in [5, 5.41) is 0. The van der Waals surface area contributed by atoms with Crippen LogP contribution in [-0.2, 0) is 4.79 Å². The molecule has 18 heavy (non-hydrogen) atoms. The van der Waals surface area contributed by atoms with Gasteiger partial charge in [-0.25, -0.2) is 4.98 Å². The Bertz CT molecular complexity index is 501. The van der Waals surface area contributed by atoms with E-state index in [1.54, 1.807) is 30.3 Å². The molecule has 2 rings (SSSR count). The fourth-order valence-corrected chi connectivity index (χ4v) is 2.13. The standard InChI is InChI=1S/C14H16N2O2/c1-4-10(2)12-6-8-14(17)16(12)13-7-5-11(18-3)9-15-13/h5,7,9,12H,1,6,8H2,2-3H3. The van der Waals surface area contributed by atoms with E-state index in [0.717, 1.165) is 12.0 Å². The SMILES string of the molecule is C=C=C(C)C1CCC(=O)N1c1ccc(OC)cn1. The zero-order valence-electron chi connectivity index (χ0n) is 10.6. The Morgan fingerprint density at radius 3 is 2.94 bits per heavy atom. The molecule has 0 aliphatic carbocycles. The molecule has 2 heterocycles. The van der Waals surface area contributed by atoms with Crippen molar-refractivity contribution in [2.45, 2.75) is 25.8 Å². The van der Waals surface area contributed by atoms with Crippen LogP contribution < -0.4 is 9.64 Å². The van der Waals surface area contributed by atoms with Crippen LogP contribution in [0.25, 0.3) is 0 Å². The number of amides is 1. The summed E-state index contributed by atoms with van der Waals surface area (Å²) in [5.41, 5.74) is 3.84. The molecule has 0 N–H and O–H groups in total. The molecule has 4 heteroatoms. The third kappa shape index (κ3) is 2.15. The number of carbonyl (C=O) groups excluding carboxylic acids is 1. The maximum atomic E-state index is 12.0. The third-order valence-corrected chi connectivity index (χ3v) is 3.19. The number of rotatable bonds is 3. The average molecular weight is 244 g/mol. The maximum Gasteiger partial charge on any atom is 0.228 e. The number of ether oxygens (including phenoxy) is 1. The number of anilines is 1. The van der Waals surface area contributed by atoms with Crippen molar-refractivity contribution in [3.63, 3.8) is 0 Å². The van der Waals surface area contributed by atoms with Gasteiger partial charge in [0.05, 0.1) is 19.3 Å². The fourth-order valence-electron chi connectivity index (χ4n) is 2.13. The van der Waals surface area contributed by atoms with E-state index in [9.17, 15) is 4.79 Å². The summed E-state index contributed by atoms with van der Waals surface area (Å²) in [6.07, 6.45) is 2.95. The zero-order valence-corrected chi connectivity index (χ0v) is 10.6. The molecule has 0 aromatic carbocycles. The zero-order chi connectivity index (χ0) is 13.1. The first-order valence-corrected chi connectivity index (χ1v) is 5.86. The minimum Gasteiger partial charge on any atom is -0.495 e. The average Bonchev–Trinajstić information content (AvgIpc) is 2.80. The second-order valence-electron chi connectivity index (χ2n) is 4.23. The predicted octanol–water partition coefficient (Wildman–Crippen LogP) is 2.32. The molecule has 0 bridgehead atoms. The lowest BCUT2D eigenvalue weighted by Crippen LogP contribution is -2.34. The van der Waals surface area contributed by atoms with E-state index in [-0.39, 0.29) is 11.9 Å². The lowest BCUT2D eigenvalue weighted by atomic mass is 10.1. The molecular weight excluding hydrogens is 228 g/mol. The smallest absolute Gasteiger partial charge is 0.228 e. The Balaban J connectivity index is 2.33. The number of pyridine rings is 1. The van der Waals surface area contributed by atoms with Crippen LogP contribution >= 0.6 is 0 Å². The number of hydrogen-bond acceptors (Lipinski definition) is 3. The molecule has 1 atom stereocenters. The monoisotopic (exact) mass is 244 g/mol. The van der Waals surface area contributed by atoms with Gasteiger partial charge in [-0.05, 0) is 31.1 Å². The largest absolute Gasteiger partial charge is 0.495 e. The molecule has 1 aliphatic heterocycles. The van der Waals surface area contributed by atoms with Gasteiger partial charge in [-0.15, -0.1) is 5.73 Å². The van der Waals surface area contributed by atoms with Crippen LogP contribution in [0.3, 0.4) is 0 Å². The van der Waals surface area contributed by atoms with Crippen molar-refractivity contribution in [3.8, 4) is 5.75 Å². The van der Waals surface area contributed by atoms with Gasteiger partial charge in [0.1, 0.15) is 11.6 Å². The third-order valence-electron chi connectivity index (χ3n) is 3.19. The molecule has 1 unspecified atom stereocenters. The van der Waals surface area contributed by atoms with Gasteiger partial charge in [0.2, 0.25) is 5.91 Å². The van der Waals surface area contributed by atoms with Crippen molar-refractivity contribution in [1.82, 2.24) is 4.98 Å². The molecule has 0 saturated carbocycles. The van der Waals surface area contributed by atoms with Gasteiger partial charge in [0.25, 0.3) is 0 Å². The summed E-state index contributed by atoms with van der Waals surface area (Å²) in [6.45, 7) is 5.58. The highest BCUT2D eigenvalue weighted by Gasteiger charge is 2.33. The Hall–Kier alpha value is -2.06. The lowest BCUT2D eigenvalue weighted by Gasteiger charge is -2.23. The first-order chi connectivity index (χ1) is 8.67. The van der Waals surface area contributed by atoms with E-state index in [2.05, 4.69) is 17.3 Å². The van der Waals surface area contributed by atoms with E-state index >= 15 is 0 Å². The van der Waals surface area contributed by atoms with Crippen LogP contribution in [-0.4, -0.2) is 24.0 Å². The number of aromatic nitrogens is 1. The van der Waals surface area contributed by atoms with Gasteiger partial charge in [-0.2, -0.15) is 0 Å². The van der Waals surface area contributed by atoms with E-state index < -0.39 is 0 Å².